The van der Waals surface area contributed by atoms with Crippen LogP contribution in [0.1, 0.15) is 33.2 Å². The molecule has 6 nitrogen and oxygen atoms in total. The maximum Gasteiger partial charge on any atom is 0.343 e. The molecule has 3 rings (SSSR count). The first kappa shape index (κ1) is 19.8. The lowest BCUT2D eigenvalue weighted by Gasteiger charge is -2.06. The zero-order chi connectivity index (χ0) is 20.5. The molecule has 0 atom stereocenters. The Morgan fingerprint density at radius 1 is 0.862 bits per heavy atom. The number of hydrazone groups is 1. The fourth-order valence-electron chi connectivity index (χ4n) is 2.46. The molecule has 0 radical (unpaired) electrons. The second kappa shape index (κ2) is 9.85. The molecule has 1 amide bonds. The lowest BCUT2D eigenvalue weighted by atomic mass is 10.2. The van der Waals surface area contributed by atoms with Gasteiger partial charge in [0.05, 0.1) is 18.4 Å². The van der Waals surface area contributed by atoms with Gasteiger partial charge in [0.1, 0.15) is 11.5 Å². The summed E-state index contributed by atoms with van der Waals surface area (Å²) in [7, 11) is 0. The molecule has 0 aliphatic rings. The molecule has 6 heteroatoms. The van der Waals surface area contributed by atoms with Crippen molar-refractivity contribution in [3.8, 4) is 11.5 Å². The minimum absolute atomic E-state index is 0.289. The summed E-state index contributed by atoms with van der Waals surface area (Å²) in [6.45, 7) is 2.46. The van der Waals surface area contributed by atoms with E-state index in [-0.39, 0.29) is 5.91 Å². The lowest BCUT2D eigenvalue weighted by molar-refractivity contribution is 0.0734. The van der Waals surface area contributed by atoms with Crippen molar-refractivity contribution < 1.29 is 19.1 Å². The van der Waals surface area contributed by atoms with E-state index in [1.54, 1.807) is 72.8 Å². The minimum Gasteiger partial charge on any atom is -0.494 e. The quantitative estimate of drug-likeness (QED) is 0.286. The van der Waals surface area contributed by atoms with Crippen LogP contribution < -0.4 is 14.9 Å². The molecule has 0 saturated carbocycles. The van der Waals surface area contributed by atoms with E-state index < -0.39 is 5.97 Å². The molecule has 0 aliphatic heterocycles. The van der Waals surface area contributed by atoms with Crippen molar-refractivity contribution >= 4 is 18.1 Å². The molecule has 0 spiro atoms. The highest BCUT2D eigenvalue weighted by molar-refractivity contribution is 5.95. The topological polar surface area (TPSA) is 77.0 Å². The van der Waals surface area contributed by atoms with Gasteiger partial charge in [0.2, 0.25) is 0 Å². The number of carbonyl (C=O) groups is 2. The van der Waals surface area contributed by atoms with Crippen LogP contribution in [0.3, 0.4) is 0 Å². The van der Waals surface area contributed by atoms with Crippen molar-refractivity contribution in [3.63, 3.8) is 0 Å². The molecule has 0 unspecified atom stereocenters. The predicted octanol–water partition coefficient (Wildman–Crippen LogP) is 4.07. The van der Waals surface area contributed by atoms with Crippen molar-refractivity contribution in [3.05, 3.63) is 95.6 Å². The van der Waals surface area contributed by atoms with Crippen molar-refractivity contribution in [1.29, 1.82) is 0 Å². The highest BCUT2D eigenvalue weighted by Crippen LogP contribution is 2.16. The van der Waals surface area contributed by atoms with E-state index in [2.05, 4.69) is 10.5 Å². The van der Waals surface area contributed by atoms with Crippen LogP contribution in [0.4, 0.5) is 0 Å². The summed E-state index contributed by atoms with van der Waals surface area (Å²) >= 11 is 0. The van der Waals surface area contributed by atoms with E-state index in [0.717, 1.165) is 5.56 Å². The van der Waals surface area contributed by atoms with Gasteiger partial charge in [-0.05, 0) is 73.2 Å². The normalized spacial score (nSPS) is 10.5. The third kappa shape index (κ3) is 5.77. The Kier molecular flexibility index (Phi) is 6.73. The highest BCUT2D eigenvalue weighted by Gasteiger charge is 2.09. The Morgan fingerprint density at radius 2 is 1.52 bits per heavy atom. The first-order valence-electron chi connectivity index (χ1n) is 9.09. The molecule has 0 saturated heterocycles. The summed E-state index contributed by atoms with van der Waals surface area (Å²) in [5, 5.41) is 3.94. The minimum atomic E-state index is -0.454. The molecule has 0 aromatic heterocycles. The van der Waals surface area contributed by atoms with E-state index in [1.165, 1.54) is 6.21 Å². The number of esters is 1. The van der Waals surface area contributed by atoms with Crippen molar-refractivity contribution in [2.75, 3.05) is 6.61 Å². The Balaban J connectivity index is 1.54. The number of carbonyl (C=O) groups excluding carboxylic acids is 2. The maximum absolute atomic E-state index is 12.2. The molecule has 3 aromatic rings. The summed E-state index contributed by atoms with van der Waals surface area (Å²) < 4.78 is 10.7. The highest BCUT2D eigenvalue weighted by atomic mass is 16.5. The zero-order valence-electron chi connectivity index (χ0n) is 15.9. The van der Waals surface area contributed by atoms with Gasteiger partial charge in [-0.1, -0.05) is 18.2 Å². The Hall–Kier alpha value is -3.93. The van der Waals surface area contributed by atoms with Crippen LogP contribution >= 0.6 is 0 Å². The lowest BCUT2D eigenvalue weighted by Crippen LogP contribution is -2.17. The SMILES string of the molecule is CCOc1ccc(C(=O)Oc2ccc(/C=N/NC(=O)c3ccccc3)cc2)cc1. The molecule has 3 aromatic carbocycles. The fraction of sp³-hybridized carbons (Fsp3) is 0.0870. The van der Waals surface area contributed by atoms with E-state index in [1.807, 2.05) is 13.0 Å². The van der Waals surface area contributed by atoms with Crippen LogP contribution in [0, 0.1) is 0 Å². The largest absolute Gasteiger partial charge is 0.494 e. The number of nitrogens with one attached hydrogen (secondary N) is 1. The smallest absolute Gasteiger partial charge is 0.343 e. The van der Waals surface area contributed by atoms with Crippen molar-refractivity contribution in [1.82, 2.24) is 5.43 Å². The second-order valence-electron chi connectivity index (χ2n) is 5.98. The van der Waals surface area contributed by atoms with Crippen LogP contribution in [0.25, 0.3) is 0 Å². The molecule has 1 N–H and O–H groups in total. The number of benzene rings is 3. The summed E-state index contributed by atoms with van der Waals surface area (Å²) in [6, 6.07) is 22.4. The average Bonchev–Trinajstić information content (AvgIpc) is 2.76. The van der Waals surface area contributed by atoms with Crippen molar-refractivity contribution in [2.45, 2.75) is 6.92 Å². The number of nitrogens with zero attached hydrogens (tertiary/aromatic N) is 1. The van der Waals surface area contributed by atoms with Gasteiger partial charge in [-0.2, -0.15) is 5.10 Å². The van der Waals surface area contributed by atoms with Gasteiger partial charge in [0.15, 0.2) is 0 Å². The molecular weight excluding hydrogens is 368 g/mol. The van der Waals surface area contributed by atoms with Gasteiger partial charge in [-0.25, -0.2) is 10.2 Å². The van der Waals surface area contributed by atoms with Gasteiger partial charge in [0.25, 0.3) is 5.91 Å². The number of hydrogen-bond donors (Lipinski definition) is 1. The Morgan fingerprint density at radius 3 is 2.17 bits per heavy atom. The van der Waals surface area contributed by atoms with E-state index in [9.17, 15) is 9.59 Å². The Bertz CT molecular complexity index is 982. The van der Waals surface area contributed by atoms with E-state index >= 15 is 0 Å². The molecule has 0 aliphatic carbocycles. The zero-order valence-corrected chi connectivity index (χ0v) is 15.9. The molecule has 146 valence electrons. The van der Waals surface area contributed by atoms with Gasteiger partial charge in [-0.3, -0.25) is 4.79 Å². The summed E-state index contributed by atoms with van der Waals surface area (Å²) in [5.74, 6) is 0.369. The van der Waals surface area contributed by atoms with Gasteiger partial charge in [0, 0.05) is 5.56 Å². The number of amides is 1. The second-order valence-corrected chi connectivity index (χ2v) is 5.98. The van der Waals surface area contributed by atoms with Gasteiger partial charge in [-0.15, -0.1) is 0 Å². The number of rotatable bonds is 7. The third-order valence-electron chi connectivity index (χ3n) is 3.91. The number of ether oxygens (including phenoxy) is 2. The monoisotopic (exact) mass is 388 g/mol. The van der Waals surface area contributed by atoms with Crippen LogP contribution in [-0.2, 0) is 0 Å². The fourth-order valence-corrected chi connectivity index (χ4v) is 2.46. The van der Waals surface area contributed by atoms with E-state index in [4.69, 9.17) is 9.47 Å². The van der Waals surface area contributed by atoms with Crippen LogP contribution in [0.2, 0.25) is 0 Å². The number of hydrogen-bond acceptors (Lipinski definition) is 5. The molecule has 0 heterocycles. The third-order valence-corrected chi connectivity index (χ3v) is 3.91. The molecule has 0 fully saturated rings. The van der Waals surface area contributed by atoms with Crippen LogP contribution in [0.5, 0.6) is 11.5 Å². The van der Waals surface area contributed by atoms with Crippen molar-refractivity contribution in [2.24, 2.45) is 5.10 Å². The van der Waals surface area contributed by atoms with E-state index in [0.29, 0.717) is 29.2 Å². The molecule has 0 bridgehead atoms. The summed E-state index contributed by atoms with van der Waals surface area (Å²) in [5.41, 5.74) is 4.18. The molecule has 29 heavy (non-hydrogen) atoms. The predicted molar refractivity (Wildman–Crippen MR) is 111 cm³/mol. The first-order valence-corrected chi connectivity index (χ1v) is 9.09. The van der Waals surface area contributed by atoms with Gasteiger partial charge >= 0.3 is 5.97 Å². The maximum atomic E-state index is 12.2. The average molecular weight is 388 g/mol. The summed E-state index contributed by atoms with van der Waals surface area (Å²) in [6.07, 6.45) is 1.51. The van der Waals surface area contributed by atoms with Crippen LogP contribution in [0.15, 0.2) is 84.0 Å². The Labute approximate surface area is 168 Å². The summed E-state index contributed by atoms with van der Waals surface area (Å²) in [4.78, 5) is 24.1. The van der Waals surface area contributed by atoms with Crippen LogP contribution in [-0.4, -0.2) is 24.7 Å². The first-order chi connectivity index (χ1) is 14.2. The van der Waals surface area contributed by atoms with Gasteiger partial charge < -0.3 is 9.47 Å². The molecular formula is C23H20N2O4. The standard InChI is InChI=1S/C23H20N2O4/c1-2-28-20-14-10-19(11-15-20)23(27)29-21-12-8-17(9-13-21)16-24-25-22(26)18-6-4-3-5-7-18/h3-16H,2H2,1H3,(H,25,26)/b24-16+.